The lowest BCUT2D eigenvalue weighted by Crippen LogP contribution is -2.08. The Morgan fingerprint density at radius 1 is 0.871 bits per heavy atom. The maximum absolute atomic E-state index is 12.4. The molecule has 0 spiro atoms. The fourth-order valence-corrected chi connectivity index (χ4v) is 3.11. The molecule has 154 valence electrons. The van der Waals surface area contributed by atoms with Crippen LogP contribution < -0.4 is 10.5 Å². The monoisotopic (exact) mass is 413 g/mol. The summed E-state index contributed by atoms with van der Waals surface area (Å²) in [6.07, 6.45) is 0. The van der Waals surface area contributed by atoms with Crippen LogP contribution in [0.1, 0.15) is 23.1 Å². The number of esters is 2. The number of anilines is 1. The molecule has 7 nitrogen and oxygen atoms in total. The van der Waals surface area contributed by atoms with Gasteiger partial charge in [-0.05, 0) is 47.5 Å². The Kier molecular flexibility index (Phi) is 5.57. The standard InChI is InChI=1S/C24H19N3O4/c1-15(28)31-19-12-10-17(11-13-19)16-6-8-18(9-7-16)24(29)30-14-22-26-21-5-3-2-4-20(21)23(25)27-22/h2-13H,14H2,1H3,(H2,25,26,27). The van der Waals surface area contributed by atoms with Crippen molar-refractivity contribution in [3.8, 4) is 16.9 Å². The van der Waals surface area contributed by atoms with Crippen molar-refractivity contribution in [2.75, 3.05) is 5.73 Å². The van der Waals surface area contributed by atoms with Gasteiger partial charge in [-0.15, -0.1) is 0 Å². The zero-order valence-corrected chi connectivity index (χ0v) is 16.7. The highest BCUT2D eigenvalue weighted by molar-refractivity contribution is 5.90. The Morgan fingerprint density at radius 2 is 1.52 bits per heavy atom. The number of fused-ring (bicyclic) bond motifs is 1. The van der Waals surface area contributed by atoms with Crippen molar-refractivity contribution in [3.05, 3.63) is 84.2 Å². The summed E-state index contributed by atoms with van der Waals surface area (Å²) in [5.41, 5.74) is 8.91. The normalized spacial score (nSPS) is 10.6. The number of hydrogen-bond donors (Lipinski definition) is 1. The molecule has 0 radical (unpaired) electrons. The van der Waals surface area contributed by atoms with Crippen molar-refractivity contribution in [2.24, 2.45) is 0 Å². The number of para-hydroxylation sites is 1. The third kappa shape index (κ3) is 4.67. The average molecular weight is 413 g/mol. The molecule has 0 fully saturated rings. The van der Waals surface area contributed by atoms with E-state index in [2.05, 4.69) is 9.97 Å². The molecule has 0 saturated carbocycles. The quantitative estimate of drug-likeness (QED) is 0.387. The summed E-state index contributed by atoms with van der Waals surface area (Å²) in [6.45, 7) is 1.28. The zero-order chi connectivity index (χ0) is 21.8. The van der Waals surface area contributed by atoms with Crippen molar-refractivity contribution in [1.29, 1.82) is 0 Å². The molecule has 4 rings (SSSR count). The molecule has 0 saturated heterocycles. The lowest BCUT2D eigenvalue weighted by atomic mass is 10.0. The molecule has 3 aromatic carbocycles. The first-order valence-electron chi connectivity index (χ1n) is 9.57. The van der Waals surface area contributed by atoms with Gasteiger partial charge >= 0.3 is 11.9 Å². The number of carbonyl (C=O) groups is 2. The number of rotatable bonds is 5. The third-order valence-corrected chi connectivity index (χ3v) is 4.58. The van der Waals surface area contributed by atoms with Crippen molar-refractivity contribution < 1.29 is 19.1 Å². The summed E-state index contributed by atoms with van der Waals surface area (Å²) < 4.78 is 10.4. The number of hydrogen-bond acceptors (Lipinski definition) is 7. The van der Waals surface area contributed by atoms with Gasteiger partial charge in [-0.1, -0.05) is 36.4 Å². The second-order valence-corrected chi connectivity index (χ2v) is 6.81. The number of carbonyl (C=O) groups excluding carboxylic acids is 2. The van der Waals surface area contributed by atoms with Crippen molar-refractivity contribution in [2.45, 2.75) is 13.5 Å². The predicted octanol–water partition coefficient (Wildman–Crippen LogP) is 4.16. The Hall–Kier alpha value is -4.26. The topological polar surface area (TPSA) is 104 Å². The van der Waals surface area contributed by atoms with Gasteiger partial charge in [0.25, 0.3) is 0 Å². The molecule has 0 aliphatic carbocycles. The van der Waals surface area contributed by atoms with E-state index in [-0.39, 0.29) is 12.6 Å². The highest BCUT2D eigenvalue weighted by Gasteiger charge is 2.11. The number of ether oxygens (including phenoxy) is 2. The largest absolute Gasteiger partial charge is 0.454 e. The van der Waals surface area contributed by atoms with Gasteiger partial charge in [0.1, 0.15) is 11.6 Å². The van der Waals surface area contributed by atoms with Crippen LogP contribution in [0.25, 0.3) is 22.0 Å². The summed E-state index contributed by atoms with van der Waals surface area (Å²) >= 11 is 0. The smallest absolute Gasteiger partial charge is 0.338 e. The van der Waals surface area contributed by atoms with Gasteiger partial charge < -0.3 is 15.2 Å². The minimum Gasteiger partial charge on any atom is -0.454 e. The van der Waals surface area contributed by atoms with E-state index in [4.69, 9.17) is 15.2 Å². The van der Waals surface area contributed by atoms with Crippen LogP contribution in [0, 0.1) is 0 Å². The predicted molar refractivity (Wildman–Crippen MR) is 116 cm³/mol. The molecule has 0 aliphatic rings. The fraction of sp³-hybridized carbons (Fsp3) is 0.0833. The Morgan fingerprint density at radius 3 is 2.19 bits per heavy atom. The van der Waals surface area contributed by atoms with E-state index in [0.717, 1.165) is 16.5 Å². The molecular formula is C24H19N3O4. The van der Waals surface area contributed by atoms with E-state index < -0.39 is 5.97 Å². The second kappa shape index (κ2) is 8.62. The third-order valence-electron chi connectivity index (χ3n) is 4.58. The van der Waals surface area contributed by atoms with Gasteiger partial charge in [0.2, 0.25) is 0 Å². The van der Waals surface area contributed by atoms with Crippen molar-refractivity contribution in [3.63, 3.8) is 0 Å². The molecule has 0 bridgehead atoms. The zero-order valence-electron chi connectivity index (χ0n) is 16.7. The number of nitrogens with zero attached hydrogens (tertiary/aromatic N) is 2. The molecule has 0 amide bonds. The van der Waals surface area contributed by atoms with Gasteiger partial charge in [0.15, 0.2) is 12.4 Å². The average Bonchev–Trinajstić information content (AvgIpc) is 2.78. The van der Waals surface area contributed by atoms with Crippen LogP contribution >= 0.6 is 0 Å². The van der Waals surface area contributed by atoms with Crippen LogP contribution in [0.5, 0.6) is 5.75 Å². The SMILES string of the molecule is CC(=O)Oc1ccc(-c2ccc(C(=O)OCc3nc(N)c4ccccc4n3)cc2)cc1. The molecule has 0 atom stereocenters. The second-order valence-electron chi connectivity index (χ2n) is 6.81. The van der Waals surface area contributed by atoms with E-state index in [0.29, 0.717) is 28.5 Å². The van der Waals surface area contributed by atoms with Crippen molar-refractivity contribution in [1.82, 2.24) is 9.97 Å². The molecular weight excluding hydrogens is 394 g/mol. The van der Waals surface area contributed by atoms with Crippen molar-refractivity contribution >= 4 is 28.7 Å². The van der Waals surface area contributed by atoms with E-state index in [1.165, 1.54) is 6.92 Å². The Balaban J connectivity index is 1.42. The molecule has 31 heavy (non-hydrogen) atoms. The first-order valence-corrected chi connectivity index (χ1v) is 9.57. The van der Waals surface area contributed by atoms with Crippen LogP contribution in [-0.4, -0.2) is 21.9 Å². The summed E-state index contributed by atoms with van der Waals surface area (Å²) in [7, 11) is 0. The summed E-state index contributed by atoms with van der Waals surface area (Å²) in [4.78, 5) is 32.0. The van der Waals surface area contributed by atoms with Gasteiger partial charge in [0.05, 0.1) is 11.1 Å². The number of aromatic nitrogens is 2. The Bertz CT molecular complexity index is 1250. The molecule has 0 aliphatic heterocycles. The molecule has 1 heterocycles. The highest BCUT2D eigenvalue weighted by atomic mass is 16.5. The van der Waals surface area contributed by atoms with Crippen LogP contribution in [0.2, 0.25) is 0 Å². The summed E-state index contributed by atoms with van der Waals surface area (Å²) in [6, 6.07) is 21.5. The molecule has 0 unspecified atom stereocenters. The minimum atomic E-state index is -0.480. The van der Waals surface area contributed by atoms with Crippen LogP contribution in [0.4, 0.5) is 5.82 Å². The fourth-order valence-electron chi connectivity index (χ4n) is 3.11. The van der Waals surface area contributed by atoms with Crippen LogP contribution in [0.3, 0.4) is 0 Å². The van der Waals surface area contributed by atoms with Gasteiger partial charge in [0, 0.05) is 12.3 Å². The maximum atomic E-state index is 12.4. The first-order chi connectivity index (χ1) is 15.0. The Labute approximate surface area is 178 Å². The summed E-state index contributed by atoms with van der Waals surface area (Å²) in [5, 5.41) is 0.758. The molecule has 2 N–H and O–H groups in total. The van der Waals surface area contributed by atoms with Crippen LogP contribution in [0.15, 0.2) is 72.8 Å². The molecule has 4 aromatic rings. The van der Waals surface area contributed by atoms with E-state index in [9.17, 15) is 9.59 Å². The van der Waals surface area contributed by atoms with Gasteiger partial charge in [-0.3, -0.25) is 4.79 Å². The van der Waals surface area contributed by atoms with Gasteiger partial charge in [-0.25, -0.2) is 14.8 Å². The maximum Gasteiger partial charge on any atom is 0.338 e. The lowest BCUT2D eigenvalue weighted by Gasteiger charge is -2.08. The van der Waals surface area contributed by atoms with E-state index in [1.54, 1.807) is 24.3 Å². The first kappa shape index (κ1) is 20.0. The summed E-state index contributed by atoms with van der Waals surface area (Å²) in [5.74, 6) is 0.322. The molecule has 1 aromatic heterocycles. The van der Waals surface area contributed by atoms with E-state index in [1.807, 2.05) is 48.5 Å². The number of nitrogens with two attached hydrogens (primary N) is 1. The lowest BCUT2D eigenvalue weighted by molar-refractivity contribution is -0.131. The van der Waals surface area contributed by atoms with E-state index >= 15 is 0 Å². The highest BCUT2D eigenvalue weighted by Crippen LogP contribution is 2.23. The molecule has 7 heteroatoms. The van der Waals surface area contributed by atoms with Gasteiger partial charge in [-0.2, -0.15) is 0 Å². The van der Waals surface area contributed by atoms with Crippen LogP contribution in [-0.2, 0) is 16.1 Å². The minimum absolute atomic E-state index is 0.0762. The number of nitrogen functional groups attached to an aromatic ring is 1. The number of benzene rings is 3.